The maximum Gasteiger partial charge on any atom is 0.412 e. The van der Waals surface area contributed by atoms with Gasteiger partial charge in [0.2, 0.25) is 6.29 Å². The van der Waals surface area contributed by atoms with Gasteiger partial charge in [0.05, 0.1) is 12.5 Å². The highest BCUT2D eigenvalue weighted by atomic mass is 16.7. The van der Waals surface area contributed by atoms with Crippen LogP contribution < -0.4 is 4.74 Å². The summed E-state index contributed by atoms with van der Waals surface area (Å²) in [7, 11) is 3.30. The van der Waals surface area contributed by atoms with Crippen molar-refractivity contribution in [2.45, 2.75) is 58.8 Å². The van der Waals surface area contributed by atoms with Crippen LogP contribution in [-0.4, -0.2) is 43.5 Å². The summed E-state index contributed by atoms with van der Waals surface area (Å²) in [5.74, 6) is 0.516. The third kappa shape index (κ3) is 4.68. The maximum absolute atomic E-state index is 12.3. The molecule has 0 N–H and O–H groups in total. The molecule has 1 aliphatic carbocycles. The summed E-state index contributed by atoms with van der Waals surface area (Å²) in [6.45, 7) is 5.47. The van der Waals surface area contributed by atoms with Gasteiger partial charge in [-0.3, -0.25) is 4.79 Å². The number of esters is 1. The summed E-state index contributed by atoms with van der Waals surface area (Å²) in [5, 5.41) is 0. The molecular weight excluding hydrogens is 334 g/mol. The molecule has 26 heavy (non-hydrogen) atoms. The first-order valence-corrected chi connectivity index (χ1v) is 9.09. The van der Waals surface area contributed by atoms with Crippen LogP contribution in [0.15, 0.2) is 24.3 Å². The number of carbonyl (C=O) groups is 2. The number of likely N-dealkylation sites (N-methyl/N-ethyl adjacent to an activating group) is 1. The van der Waals surface area contributed by atoms with Crippen LogP contribution in [0.25, 0.3) is 0 Å². The lowest BCUT2D eigenvalue weighted by molar-refractivity contribution is -0.173. The SMILES string of the molecule is CCC1(C(=O)OC(C)OC(=O)N(C)C(C)Cc2ccccc2OC)CC1. The second kappa shape index (κ2) is 8.43. The first-order valence-electron chi connectivity index (χ1n) is 9.09. The average molecular weight is 363 g/mol. The monoisotopic (exact) mass is 363 g/mol. The van der Waals surface area contributed by atoms with Crippen molar-refractivity contribution in [1.29, 1.82) is 0 Å². The number of rotatable bonds is 8. The van der Waals surface area contributed by atoms with Gasteiger partial charge in [-0.05, 0) is 44.2 Å². The van der Waals surface area contributed by atoms with E-state index >= 15 is 0 Å². The fourth-order valence-corrected chi connectivity index (χ4v) is 2.88. The molecule has 6 heteroatoms. The molecule has 2 atom stereocenters. The Morgan fingerprint density at radius 1 is 1.19 bits per heavy atom. The molecule has 0 aromatic heterocycles. The molecular formula is C20H29NO5. The number of benzene rings is 1. The minimum absolute atomic E-state index is 0.105. The molecule has 0 bridgehead atoms. The molecule has 2 rings (SSSR count). The van der Waals surface area contributed by atoms with E-state index in [1.807, 2.05) is 38.1 Å². The predicted molar refractivity (Wildman–Crippen MR) is 97.9 cm³/mol. The van der Waals surface area contributed by atoms with E-state index < -0.39 is 12.4 Å². The van der Waals surface area contributed by atoms with Crippen molar-refractivity contribution >= 4 is 12.1 Å². The number of nitrogens with zero attached hydrogens (tertiary/aromatic N) is 1. The Morgan fingerprint density at radius 3 is 2.42 bits per heavy atom. The Balaban J connectivity index is 1.86. The molecule has 1 fully saturated rings. The Hall–Kier alpha value is -2.24. The van der Waals surface area contributed by atoms with Crippen LogP contribution in [-0.2, 0) is 20.7 Å². The summed E-state index contributed by atoms with van der Waals surface area (Å²) >= 11 is 0. The molecule has 0 spiro atoms. The highest BCUT2D eigenvalue weighted by Crippen LogP contribution is 2.49. The quantitative estimate of drug-likeness (QED) is 0.519. The lowest BCUT2D eigenvalue weighted by atomic mass is 10.1. The summed E-state index contributed by atoms with van der Waals surface area (Å²) in [6.07, 6.45) is 1.65. The number of para-hydroxylation sites is 1. The lowest BCUT2D eigenvalue weighted by Gasteiger charge is -2.26. The van der Waals surface area contributed by atoms with Crippen LogP contribution in [0.3, 0.4) is 0 Å². The summed E-state index contributed by atoms with van der Waals surface area (Å²) in [4.78, 5) is 26.0. The van der Waals surface area contributed by atoms with Crippen LogP contribution in [0.1, 0.15) is 45.6 Å². The Morgan fingerprint density at radius 2 is 1.85 bits per heavy atom. The van der Waals surface area contributed by atoms with Gasteiger partial charge in [0.25, 0.3) is 0 Å². The first-order chi connectivity index (χ1) is 12.3. The van der Waals surface area contributed by atoms with Crippen LogP contribution in [0.2, 0.25) is 0 Å². The van der Waals surface area contributed by atoms with E-state index in [0.717, 1.165) is 30.6 Å². The van der Waals surface area contributed by atoms with Gasteiger partial charge in [0, 0.05) is 20.0 Å². The lowest BCUT2D eigenvalue weighted by Crippen LogP contribution is -2.39. The number of methoxy groups -OCH3 is 1. The second-order valence-electron chi connectivity index (χ2n) is 6.97. The third-order valence-electron chi connectivity index (χ3n) is 5.16. The van der Waals surface area contributed by atoms with Crippen molar-refractivity contribution in [2.24, 2.45) is 5.41 Å². The zero-order valence-electron chi connectivity index (χ0n) is 16.3. The van der Waals surface area contributed by atoms with Gasteiger partial charge >= 0.3 is 12.1 Å². The molecule has 144 valence electrons. The van der Waals surface area contributed by atoms with E-state index in [4.69, 9.17) is 14.2 Å². The number of amides is 1. The smallest absolute Gasteiger partial charge is 0.412 e. The van der Waals surface area contributed by atoms with Gasteiger partial charge in [-0.2, -0.15) is 0 Å². The predicted octanol–water partition coefficient (Wildman–Crippen LogP) is 3.77. The van der Waals surface area contributed by atoms with Crippen molar-refractivity contribution in [1.82, 2.24) is 4.90 Å². The topological polar surface area (TPSA) is 65.1 Å². The zero-order valence-corrected chi connectivity index (χ0v) is 16.3. The molecule has 2 unspecified atom stereocenters. The third-order valence-corrected chi connectivity index (χ3v) is 5.16. The summed E-state index contributed by atoms with van der Waals surface area (Å²) in [5.41, 5.74) is 0.657. The molecule has 1 aliphatic rings. The first kappa shape index (κ1) is 20.1. The van der Waals surface area contributed by atoms with Crippen molar-refractivity contribution < 1.29 is 23.8 Å². The van der Waals surface area contributed by atoms with Crippen LogP contribution in [0.5, 0.6) is 5.75 Å². The molecule has 1 amide bonds. The summed E-state index contributed by atoms with van der Waals surface area (Å²) < 4.78 is 15.9. The zero-order chi connectivity index (χ0) is 19.3. The fourth-order valence-electron chi connectivity index (χ4n) is 2.88. The number of carbonyl (C=O) groups excluding carboxylic acids is 2. The minimum atomic E-state index is -0.903. The molecule has 1 aromatic carbocycles. The van der Waals surface area contributed by atoms with E-state index in [9.17, 15) is 9.59 Å². The van der Waals surface area contributed by atoms with Crippen LogP contribution in [0.4, 0.5) is 4.79 Å². The summed E-state index contributed by atoms with van der Waals surface area (Å²) in [6, 6.07) is 7.60. The highest BCUT2D eigenvalue weighted by molar-refractivity contribution is 5.80. The van der Waals surface area contributed by atoms with Gasteiger partial charge in [-0.25, -0.2) is 4.79 Å². The van der Waals surface area contributed by atoms with Crippen molar-refractivity contribution in [2.75, 3.05) is 14.2 Å². The average Bonchev–Trinajstić information content (AvgIpc) is 3.42. The van der Waals surface area contributed by atoms with Crippen molar-refractivity contribution in [3.05, 3.63) is 29.8 Å². The molecule has 1 aromatic rings. The normalized spacial score (nSPS) is 17.0. The highest BCUT2D eigenvalue weighted by Gasteiger charge is 2.50. The molecule has 1 saturated carbocycles. The largest absolute Gasteiger partial charge is 0.496 e. The molecule has 0 heterocycles. The van der Waals surface area contributed by atoms with Crippen molar-refractivity contribution in [3.8, 4) is 5.75 Å². The minimum Gasteiger partial charge on any atom is -0.496 e. The van der Waals surface area contributed by atoms with E-state index in [-0.39, 0.29) is 17.4 Å². The van der Waals surface area contributed by atoms with Gasteiger partial charge in [-0.1, -0.05) is 25.1 Å². The fraction of sp³-hybridized carbons (Fsp3) is 0.600. The standard InChI is InChI=1S/C20H29NO5/c1-6-20(11-12-20)18(22)25-15(3)26-19(23)21(4)14(2)13-16-9-7-8-10-17(16)24-5/h7-10,14-15H,6,11-13H2,1-5H3. The van der Waals surface area contributed by atoms with E-state index in [0.29, 0.717) is 6.42 Å². The van der Waals surface area contributed by atoms with Gasteiger partial charge in [0.15, 0.2) is 0 Å². The van der Waals surface area contributed by atoms with Gasteiger partial charge in [-0.15, -0.1) is 0 Å². The molecule has 0 saturated heterocycles. The molecule has 6 nitrogen and oxygen atoms in total. The maximum atomic E-state index is 12.3. The van der Waals surface area contributed by atoms with E-state index in [1.165, 1.54) is 4.90 Å². The number of hydrogen-bond donors (Lipinski definition) is 0. The Kier molecular flexibility index (Phi) is 6.51. The van der Waals surface area contributed by atoms with Crippen LogP contribution >= 0.6 is 0 Å². The second-order valence-corrected chi connectivity index (χ2v) is 6.97. The Labute approximate surface area is 155 Å². The molecule has 0 aliphatic heterocycles. The van der Waals surface area contributed by atoms with Crippen LogP contribution in [0, 0.1) is 5.41 Å². The van der Waals surface area contributed by atoms with Crippen molar-refractivity contribution in [3.63, 3.8) is 0 Å². The number of ether oxygens (including phenoxy) is 3. The van der Waals surface area contributed by atoms with Gasteiger partial charge < -0.3 is 19.1 Å². The van der Waals surface area contributed by atoms with E-state index in [1.54, 1.807) is 21.1 Å². The molecule has 0 radical (unpaired) electrons. The van der Waals surface area contributed by atoms with Gasteiger partial charge in [0.1, 0.15) is 5.75 Å². The number of hydrogen-bond acceptors (Lipinski definition) is 5. The Bertz CT molecular complexity index is 641. The van der Waals surface area contributed by atoms with E-state index in [2.05, 4.69) is 0 Å².